The lowest BCUT2D eigenvalue weighted by molar-refractivity contribution is 0.0499. The fourth-order valence-corrected chi connectivity index (χ4v) is 2.45. The number of carbonyl (C=O) groups is 2. The molecule has 29 heavy (non-hydrogen) atoms. The van der Waals surface area contributed by atoms with Gasteiger partial charge in [-0.05, 0) is 61.4 Å². The van der Waals surface area contributed by atoms with E-state index < -0.39 is 0 Å². The quantitative estimate of drug-likeness (QED) is 0.218. The minimum atomic E-state index is -0.321. The molecule has 1 N–H and O–H groups in total. The molecule has 5 nitrogen and oxygen atoms in total. The van der Waals surface area contributed by atoms with E-state index in [1.54, 1.807) is 42.6 Å². The Hall–Kier alpha value is -3.08. The van der Waals surface area contributed by atoms with Gasteiger partial charge < -0.3 is 14.8 Å². The first kappa shape index (κ1) is 22.2. The standard InChI is InChI=1S/C24H29NO4/c1-3-5-17-28-22-13-9-19(10-14-22)23(26)15-16-25-21-11-7-20(8-12-21)24(27)29-18-6-4-2/h7-16,25H,3-6,17-18H2,1-2H3/b16-15+. The molecule has 0 radical (unpaired) electrons. The van der Waals surface area contributed by atoms with Crippen LogP contribution in [0.4, 0.5) is 5.69 Å². The van der Waals surface area contributed by atoms with Crippen molar-refractivity contribution >= 4 is 17.4 Å². The molecular weight excluding hydrogens is 366 g/mol. The van der Waals surface area contributed by atoms with Crippen molar-refractivity contribution < 1.29 is 19.1 Å². The summed E-state index contributed by atoms with van der Waals surface area (Å²) in [5, 5.41) is 3.03. The lowest BCUT2D eigenvalue weighted by atomic mass is 10.1. The van der Waals surface area contributed by atoms with Crippen molar-refractivity contribution in [1.82, 2.24) is 0 Å². The van der Waals surface area contributed by atoms with Crippen molar-refractivity contribution in [2.45, 2.75) is 39.5 Å². The minimum absolute atomic E-state index is 0.103. The second kappa shape index (κ2) is 12.4. The van der Waals surface area contributed by atoms with Crippen molar-refractivity contribution in [3.8, 4) is 5.75 Å². The van der Waals surface area contributed by atoms with Gasteiger partial charge in [0.15, 0.2) is 5.78 Å². The number of ketones is 1. The Labute approximate surface area is 172 Å². The average molecular weight is 395 g/mol. The number of nitrogens with one attached hydrogen (secondary N) is 1. The van der Waals surface area contributed by atoms with E-state index in [1.165, 1.54) is 6.08 Å². The van der Waals surface area contributed by atoms with Gasteiger partial charge in [0, 0.05) is 23.5 Å². The molecule has 0 aliphatic heterocycles. The maximum absolute atomic E-state index is 12.2. The van der Waals surface area contributed by atoms with Gasteiger partial charge in [-0.1, -0.05) is 26.7 Å². The van der Waals surface area contributed by atoms with Crippen molar-refractivity contribution in [2.75, 3.05) is 18.5 Å². The van der Waals surface area contributed by atoms with Crippen LogP contribution in [0.3, 0.4) is 0 Å². The highest BCUT2D eigenvalue weighted by atomic mass is 16.5. The first-order valence-corrected chi connectivity index (χ1v) is 10.1. The van der Waals surface area contributed by atoms with Gasteiger partial charge in [0.25, 0.3) is 0 Å². The zero-order valence-corrected chi connectivity index (χ0v) is 17.1. The van der Waals surface area contributed by atoms with Crippen LogP contribution in [0, 0.1) is 0 Å². The van der Waals surface area contributed by atoms with E-state index in [0.717, 1.165) is 37.1 Å². The number of benzene rings is 2. The molecule has 0 bridgehead atoms. The third kappa shape index (κ3) is 7.82. The zero-order chi connectivity index (χ0) is 20.9. The lowest BCUT2D eigenvalue weighted by Crippen LogP contribution is -2.06. The number of unbranched alkanes of at least 4 members (excludes halogenated alkanes) is 2. The van der Waals surface area contributed by atoms with Crippen LogP contribution in [0.5, 0.6) is 5.75 Å². The van der Waals surface area contributed by atoms with Crippen LogP contribution in [0.1, 0.15) is 60.2 Å². The Bertz CT molecular complexity index is 795. The van der Waals surface area contributed by atoms with Gasteiger partial charge in [-0.25, -0.2) is 4.79 Å². The molecule has 5 heteroatoms. The monoisotopic (exact) mass is 395 g/mol. The lowest BCUT2D eigenvalue weighted by Gasteiger charge is -2.06. The Morgan fingerprint density at radius 3 is 2.14 bits per heavy atom. The zero-order valence-electron chi connectivity index (χ0n) is 17.1. The molecule has 0 heterocycles. The summed E-state index contributed by atoms with van der Waals surface area (Å²) in [6.45, 7) is 5.28. The van der Waals surface area contributed by atoms with Crippen molar-refractivity contribution in [3.05, 3.63) is 71.9 Å². The van der Waals surface area contributed by atoms with Crippen LogP contribution in [0.2, 0.25) is 0 Å². The van der Waals surface area contributed by atoms with Gasteiger partial charge in [0.1, 0.15) is 5.75 Å². The largest absolute Gasteiger partial charge is 0.494 e. The van der Waals surface area contributed by atoms with Crippen molar-refractivity contribution in [3.63, 3.8) is 0 Å². The molecule has 0 atom stereocenters. The van der Waals surface area contributed by atoms with Crippen LogP contribution >= 0.6 is 0 Å². The van der Waals surface area contributed by atoms with E-state index in [-0.39, 0.29) is 11.8 Å². The number of hydrogen-bond donors (Lipinski definition) is 1. The topological polar surface area (TPSA) is 64.6 Å². The first-order valence-electron chi connectivity index (χ1n) is 10.1. The summed E-state index contributed by atoms with van der Waals surface area (Å²) in [6.07, 6.45) is 7.00. The van der Waals surface area contributed by atoms with Gasteiger partial charge in [0.05, 0.1) is 18.8 Å². The Morgan fingerprint density at radius 2 is 1.48 bits per heavy atom. The molecule has 0 saturated carbocycles. The molecule has 0 saturated heterocycles. The van der Waals surface area contributed by atoms with E-state index in [4.69, 9.17) is 9.47 Å². The third-order valence-electron chi connectivity index (χ3n) is 4.24. The maximum atomic E-state index is 12.2. The summed E-state index contributed by atoms with van der Waals surface area (Å²) in [4.78, 5) is 24.1. The molecule has 0 spiro atoms. The molecule has 2 rings (SSSR count). The Kier molecular flexibility index (Phi) is 9.49. The highest BCUT2D eigenvalue weighted by Gasteiger charge is 2.06. The highest BCUT2D eigenvalue weighted by molar-refractivity contribution is 6.04. The molecule has 0 aliphatic carbocycles. The van der Waals surface area contributed by atoms with Gasteiger partial charge in [-0.3, -0.25) is 4.79 Å². The van der Waals surface area contributed by atoms with Crippen molar-refractivity contribution in [2.24, 2.45) is 0 Å². The van der Waals surface area contributed by atoms with E-state index in [2.05, 4.69) is 12.2 Å². The minimum Gasteiger partial charge on any atom is -0.494 e. The predicted octanol–water partition coefficient (Wildman–Crippen LogP) is 5.63. The van der Waals surface area contributed by atoms with Crippen LogP contribution in [0.25, 0.3) is 0 Å². The summed E-state index contributed by atoms with van der Waals surface area (Å²) in [6, 6.07) is 14.1. The number of ether oxygens (including phenoxy) is 2. The molecule has 2 aromatic rings. The maximum Gasteiger partial charge on any atom is 0.338 e. The van der Waals surface area contributed by atoms with E-state index in [0.29, 0.717) is 24.3 Å². The average Bonchev–Trinajstić information content (AvgIpc) is 2.75. The molecule has 0 unspecified atom stereocenters. The van der Waals surface area contributed by atoms with E-state index in [1.807, 2.05) is 19.1 Å². The van der Waals surface area contributed by atoms with Crippen LogP contribution in [0.15, 0.2) is 60.8 Å². The number of rotatable bonds is 12. The summed E-state index contributed by atoms with van der Waals surface area (Å²) < 4.78 is 10.8. The molecular formula is C24H29NO4. The van der Waals surface area contributed by atoms with Crippen LogP contribution in [-0.2, 0) is 4.74 Å². The predicted molar refractivity (Wildman–Crippen MR) is 116 cm³/mol. The van der Waals surface area contributed by atoms with Crippen LogP contribution < -0.4 is 10.1 Å². The number of esters is 1. The fourth-order valence-electron chi connectivity index (χ4n) is 2.45. The highest BCUT2D eigenvalue weighted by Crippen LogP contribution is 2.14. The van der Waals surface area contributed by atoms with E-state index >= 15 is 0 Å². The summed E-state index contributed by atoms with van der Waals surface area (Å²) >= 11 is 0. The number of allylic oxidation sites excluding steroid dienone is 1. The third-order valence-corrected chi connectivity index (χ3v) is 4.24. The number of hydrogen-bond acceptors (Lipinski definition) is 5. The SMILES string of the molecule is CCCCOC(=O)c1ccc(N/C=C/C(=O)c2ccc(OCCCC)cc2)cc1. The van der Waals surface area contributed by atoms with Gasteiger partial charge in [0.2, 0.25) is 0 Å². The van der Waals surface area contributed by atoms with Gasteiger partial charge in [-0.2, -0.15) is 0 Å². The Morgan fingerprint density at radius 1 is 0.862 bits per heavy atom. The number of anilines is 1. The molecule has 0 aliphatic rings. The normalized spacial score (nSPS) is 10.7. The molecule has 0 aromatic heterocycles. The summed E-state index contributed by atoms with van der Waals surface area (Å²) in [5.74, 6) is 0.344. The summed E-state index contributed by atoms with van der Waals surface area (Å²) in [7, 11) is 0. The molecule has 2 aromatic carbocycles. The first-order chi connectivity index (χ1) is 14.1. The number of carbonyl (C=O) groups excluding carboxylic acids is 2. The van der Waals surface area contributed by atoms with Crippen molar-refractivity contribution in [1.29, 1.82) is 0 Å². The van der Waals surface area contributed by atoms with Gasteiger partial charge in [-0.15, -0.1) is 0 Å². The molecule has 154 valence electrons. The van der Waals surface area contributed by atoms with Crippen LogP contribution in [-0.4, -0.2) is 25.0 Å². The summed E-state index contributed by atoms with van der Waals surface area (Å²) in [5.41, 5.74) is 1.88. The second-order valence-electron chi connectivity index (χ2n) is 6.64. The fraction of sp³-hybridized carbons (Fsp3) is 0.333. The second-order valence-corrected chi connectivity index (χ2v) is 6.64. The Balaban J connectivity index is 1.82. The molecule has 0 amide bonds. The van der Waals surface area contributed by atoms with Gasteiger partial charge >= 0.3 is 5.97 Å². The molecule has 0 fully saturated rings. The van der Waals surface area contributed by atoms with E-state index in [9.17, 15) is 9.59 Å². The smallest absolute Gasteiger partial charge is 0.338 e.